The molecule has 0 unspecified atom stereocenters. The molecule has 0 aliphatic rings. The summed E-state index contributed by atoms with van der Waals surface area (Å²) >= 11 is 6.64. The van der Waals surface area contributed by atoms with Gasteiger partial charge in [-0.05, 0) is 0 Å². The Bertz CT molecular complexity index is 165. The molecule has 0 aromatic rings. The van der Waals surface area contributed by atoms with Gasteiger partial charge in [0.05, 0.1) is 5.75 Å². The zero-order valence-corrected chi connectivity index (χ0v) is 7.32. The van der Waals surface area contributed by atoms with Gasteiger partial charge < -0.3 is 11.5 Å². The molecule has 0 aliphatic carbocycles. The number of halogens is 1. The first kappa shape index (κ1) is 10.6. The van der Waals surface area contributed by atoms with Crippen molar-refractivity contribution < 1.29 is 9.59 Å². The summed E-state index contributed by atoms with van der Waals surface area (Å²) < 4.78 is 0. The number of hydrogen-bond donors (Lipinski definition) is 2. The summed E-state index contributed by atoms with van der Waals surface area (Å²) in [4.78, 5) is 20.5. The van der Waals surface area contributed by atoms with Gasteiger partial charge in [0, 0.05) is 5.75 Å². The molecule has 0 saturated heterocycles. The van der Waals surface area contributed by atoms with Crippen molar-refractivity contribution in [3.63, 3.8) is 0 Å². The highest BCUT2D eigenvalue weighted by molar-refractivity contribution is 8.00. The van der Waals surface area contributed by atoms with Crippen LogP contribution < -0.4 is 11.5 Å². The number of rotatable bonds is 5. The molecule has 0 aliphatic heterocycles. The smallest absolute Gasteiger partial charge is 0.236 e. The first-order valence-corrected chi connectivity index (χ1v) is 4.42. The van der Waals surface area contributed by atoms with E-state index in [0.717, 1.165) is 0 Å². The standard InChI is InChI=1S/C5H9ClN2O2S/c6-3(5(8)10)1-11-2-4(7)9/h3H,1-2H2,(H2,7,9)(H2,8,10)/t3-/m1/s1. The minimum absolute atomic E-state index is 0.163. The number of amides is 2. The van der Waals surface area contributed by atoms with Crippen molar-refractivity contribution in [2.45, 2.75) is 5.38 Å². The maximum Gasteiger partial charge on any atom is 0.236 e. The predicted octanol–water partition coefficient (Wildman–Crippen LogP) is -0.702. The minimum atomic E-state index is -0.723. The molecule has 0 spiro atoms. The zero-order chi connectivity index (χ0) is 8.85. The second kappa shape index (κ2) is 5.26. The van der Waals surface area contributed by atoms with Gasteiger partial charge >= 0.3 is 0 Å². The van der Waals surface area contributed by atoms with E-state index in [9.17, 15) is 9.59 Å². The fourth-order valence-corrected chi connectivity index (χ4v) is 1.30. The third kappa shape index (κ3) is 6.00. The maximum atomic E-state index is 10.3. The van der Waals surface area contributed by atoms with E-state index in [-0.39, 0.29) is 5.75 Å². The fourth-order valence-electron chi connectivity index (χ4n) is 0.345. The lowest BCUT2D eigenvalue weighted by molar-refractivity contribution is -0.117. The quantitative estimate of drug-likeness (QED) is 0.570. The highest BCUT2D eigenvalue weighted by Gasteiger charge is 2.10. The van der Waals surface area contributed by atoms with E-state index < -0.39 is 17.2 Å². The highest BCUT2D eigenvalue weighted by Crippen LogP contribution is 2.06. The van der Waals surface area contributed by atoms with Gasteiger partial charge in [0.1, 0.15) is 5.38 Å². The normalized spacial score (nSPS) is 12.5. The van der Waals surface area contributed by atoms with Crippen LogP contribution in [-0.4, -0.2) is 28.7 Å². The average molecular weight is 197 g/mol. The Balaban J connectivity index is 3.39. The highest BCUT2D eigenvalue weighted by atomic mass is 35.5. The summed E-state index contributed by atoms with van der Waals surface area (Å²) in [5.41, 5.74) is 9.69. The molecule has 0 saturated carbocycles. The number of nitrogens with two attached hydrogens (primary N) is 2. The second-order valence-electron chi connectivity index (χ2n) is 1.85. The molecular formula is C5H9ClN2O2S. The van der Waals surface area contributed by atoms with Gasteiger partial charge in [0.25, 0.3) is 0 Å². The van der Waals surface area contributed by atoms with Crippen molar-refractivity contribution in [1.82, 2.24) is 0 Å². The van der Waals surface area contributed by atoms with Crippen molar-refractivity contribution in [3.05, 3.63) is 0 Å². The van der Waals surface area contributed by atoms with Gasteiger partial charge in [0.2, 0.25) is 11.8 Å². The van der Waals surface area contributed by atoms with Crippen LogP contribution in [0.3, 0.4) is 0 Å². The Morgan fingerprint density at radius 3 is 2.36 bits per heavy atom. The summed E-state index contributed by atoms with van der Waals surface area (Å²) in [6, 6.07) is 0. The largest absolute Gasteiger partial charge is 0.369 e. The summed E-state index contributed by atoms with van der Waals surface area (Å²) in [5, 5.41) is -0.723. The molecule has 6 heteroatoms. The Labute approximate surface area is 73.6 Å². The van der Waals surface area contributed by atoms with Crippen molar-refractivity contribution in [1.29, 1.82) is 0 Å². The molecule has 0 heterocycles. The van der Waals surface area contributed by atoms with E-state index in [0.29, 0.717) is 5.75 Å². The lowest BCUT2D eigenvalue weighted by Crippen LogP contribution is -2.26. The van der Waals surface area contributed by atoms with Gasteiger partial charge in [-0.3, -0.25) is 9.59 Å². The van der Waals surface area contributed by atoms with Gasteiger partial charge in [-0.1, -0.05) is 0 Å². The van der Waals surface area contributed by atoms with Crippen LogP contribution in [0.5, 0.6) is 0 Å². The lowest BCUT2D eigenvalue weighted by Gasteiger charge is -2.01. The van der Waals surface area contributed by atoms with Crippen LogP contribution in [0.15, 0.2) is 0 Å². The van der Waals surface area contributed by atoms with E-state index in [1.807, 2.05) is 0 Å². The Hall–Kier alpha value is -0.420. The van der Waals surface area contributed by atoms with Gasteiger partial charge in [0.15, 0.2) is 0 Å². The summed E-state index contributed by atoms with van der Waals surface area (Å²) in [6.45, 7) is 0. The molecular weight excluding hydrogens is 188 g/mol. The Morgan fingerprint density at radius 1 is 1.45 bits per heavy atom. The molecule has 64 valence electrons. The minimum Gasteiger partial charge on any atom is -0.369 e. The van der Waals surface area contributed by atoms with Crippen molar-refractivity contribution >= 4 is 35.2 Å². The van der Waals surface area contributed by atoms with E-state index in [1.165, 1.54) is 11.8 Å². The van der Waals surface area contributed by atoms with Crippen LogP contribution >= 0.6 is 23.4 Å². The van der Waals surface area contributed by atoms with Crippen molar-refractivity contribution in [2.24, 2.45) is 11.5 Å². The number of primary amides is 2. The first-order chi connectivity index (χ1) is 5.04. The monoisotopic (exact) mass is 196 g/mol. The first-order valence-electron chi connectivity index (χ1n) is 2.83. The molecule has 1 atom stereocenters. The summed E-state index contributed by atoms with van der Waals surface area (Å²) in [7, 11) is 0. The van der Waals surface area contributed by atoms with Crippen molar-refractivity contribution in [2.75, 3.05) is 11.5 Å². The van der Waals surface area contributed by atoms with Crippen LogP contribution in [0.2, 0.25) is 0 Å². The van der Waals surface area contributed by atoms with Crippen LogP contribution in [0, 0.1) is 0 Å². The molecule has 0 rings (SSSR count). The third-order valence-corrected chi connectivity index (χ3v) is 2.43. The van der Waals surface area contributed by atoms with Gasteiger partial charge in [-0.25, -0.2) is 0 Å². The molecule has 11 heavy (non-hydrogen) atoms. The van der Waals surface area contributed by atoms with Crippen LogP contribution in [0.1, 0.15) is 0 Å². The molecule has 0 aromatic carbocycles. The molecule has 4 N–H and O–H groups in total. The van der Waals surface area contributed by atoms with E-state index in [2.05, 4.69) is 0 Å². The molecule has 0 radical (unpaired) electrons. The van der Waals surface area contributed by atoms with Crippen LogP contribution in [-0.2, 0) is 9.59 Å². The fraction of sp³-hybridized carbons (Fsp3) is 0.600. The van der Waals surface area contributed by atoms with E-state index in [4.69, 9.17) is 23.1 Å². The number of carbonyl (C=O) groups excluding carboxylic acids is 2. The molecule has 0 aromatic heterocycles. The van der Waals surface area contributed by atoms with Crippen LogP contribution in [0.25, 0.3) is 0 Å². The maximum absolute atomic E-state index is 10.3. The molecule has 2 amide bonds. The van der Waals surface area contributed by atoms with E-state index in [1.54, 1.807) is 0 Å². The SMILES string of the molecule is NC(=O)CSC[C@@H](Cl)C(N)=O. The Kier molecular flexibility index (Phi) is 5.06. The molecule has 4 nitrogen and oxygen atoms in total. The predicted molar refractivity (Wildman–Crippen MR) is 45.4 cm³/mol. The molecule has 0 fully saturated rings. The van der Waals surface area contributed by atoms with E-state index >= 15 is 0 Å². The average Bonchev–Trinajstić information content (AvgIpc) is 1.86. The summed E-state index contributed by atoms with van der Waals surface area (Å²) in [5.74, 6) is -0.525. The molecule has 0 bridgehead atoms. The van der Waals surface area contributed by atoms with Crippen molar-refractivity contribution in [3.8, 4) is 0 Å². The second-order valence-corrected chi connectivity index (χ2v) is 3.41. The summed E-state index contributed by atoms with van der Waals surface area (Å²) in [6.07, 6.45) is 0. The third-order valence-electron chi connectivity index (χ3n) is 0.817. The lowest BCUT2D eigenvalue weighted by atomic mass is 10.5. The number of thioether (sulfide) groups is 1. The topological polar surface area (TPSA) is 86.2 Å². The van der Waals surface area contributed by atoms with Gasteiger partial charge in [-0.15, -0.1) is 23.4 Å². The Morgan fingerprint density at radius 2 is 2.00 bits per heavy atom. The zero-order valence-electron chi connectivity index (χ0n) is 5.75. The number of hydrogen-bond acceptors (Lipinski definition) is 3. The van der Waals surface area contributed by atoms with Crippen LogP contribution in [0.4, 0.5) is 0 Å². The van der Waals surface area contributed by atoms with Gasteiger partial charge in [-0.2, -0.15) is 0 Å². The number of carbonyl (C=O) groups is 2. The number of alkyl halides is 1.